The van der Waals surface area contributed by atoms with Crippen LogP contribution in [0.2, 0.25) is 0 Å². The Balaban J connectivity index is 0.00000225. The molecule has 1 aromatic rings. The largest absolute Gasteiger partial charge is 1.00 e. The molecule has 1 atom stereocenters. The van der Waals surface area contributed by atoms with Gasteiger partial charge in [-0.25, -0.2) is 4.79 Å². The Kier molecular flexibility index (Phi) is 6.07. The van der Waals surface area contributed by atoms with E-state index in [0.717, 1.165) is 16.7 Å². The van der Waals surface area contributed by atoms with Crippen LogP contribution in [0.3, 0.4) is 0 Å². The number of hydrogen-bond donors (Lipinski definition) is 0. The van der Waals surface area contributed by atoms with Crippen molar-refractivity contribution in [2.45, 2.75) is 20.8 Å². The minimum absolute atomic E-state index is 0. The van der Waals surface area contributed by atoms with E-state index >= 15 is 0 Å². The zero-order valence-electron chi connectivity index (χ0n) is 9.79. The number of carbonyl (C=O) groups is 1. The summed E-state index contributed by atoms with van der Waals surface area (Å²) in [5.41, 5.74) is 2.80. The van der Waals surface area contributed by atoms with Crippen molar-refractivity contribution in [1.29, 1.82) is 0 Å². The average molecular weight is 234 g/mol. The molecule has 0 spiro atoms. The first-order valence-corrected chi connectivity index (χ1v) is 5.65. The van der Waals surface area contributed by atoms with Crippen LogP contribution in [0.25, 0.3) is 0 Å². The molecule has 0 radical (unpaired) electrons. The summed E-state index contributed by atoms with van der Waals surface area (Å²) in [5, 5.41) is 0. The number of hydrogen-bond acceptors (Lipinski definition) is 4. The summed E-state index contributed by atoms with van der Waals surface area (Å²) in [7, 11) is -3.47. The molecule has 0 heterocycles. The molecule has 0 N–H and O–H groups in total. The van der Waals surface area contributed by atoms with Gasteiger partial charge in [-0.2, -0.15) is 0 Å². The maximum absolute atomic E-state index is 11.4. The molecule has 1 rings (SSSR count). The van der Waals surface area contributed by atoms with Gasteiger partial charge in [0.15, 0.2) is 8.25 Å². The molecule has 0 saturated carbocycles. The van der Waals surface area contributed by atoms with E-state index in [1.54, 1.807) is 13.8 Å². The smallest absolute Gasteiger partial charge is 0.771 e. The SMILES string of the molecule is Cc1cc(C)c(C(=O)O[PH](=O)[O-])c(C)c1.[Li+]. The Labute approximate surface area is 107 Å². The van der Waals surface area contributed by atoms with Crippen LogP contribution in [0.5, 0.6) is 0 Å². The molecular formula is C10H12LiO4P. The van der Waals surface area contributed by atoms with Gasteiger partial charge in [0, 0.05) is 0 Å². The first kappa shape index (κ1) is 15.5. The van der Waals surface area contributed by atoms with E-state index in [9.17, 15) is 14.3 Å². The molecule has 0 bridgehead atoms. The van der Waals surface area contributed by atoms with E-state index in [-0.39, 0.29) is 18.9 Å². The third-order valence-corrected chi connectivity index (χ3v) is 2.41. The third-order valence-electron chi connectivity index (χ3n) is 2.06. The predicted molar refractivity (Wildman–Crippen MR) is 55.1 cm³/mol. The van der Waals surface area contributed by atoms with Crippen molar-refractivity contribution < 1.29 is 37.6 Å². The maximum Gasteiger partial charge on any atom is 1.00 e. The van der Waals surface area contributed by atoms with Gasteiger partial charge in [-0.3, -0.25) is 4.57 Å². The summed E-state index contributed by atoms with van der Waals surface area (Å²) in [6.45, 7) is 5.41. The molecule has 0 fully saturated rings. The summed E-state index contributed by atoms with van der Waals surface area (Å²) in [6.07, 6.45) is 0. The van der Waals surface area contributed by atoms with Crippen LogP contribution < -0.4 is 23.8 Å². The summed E-state index contributed by atoms with van der Waals surface area (Å²) in [6, 6.07) is 3.62. The number of rotatable bonds is 2. The van der Waals surface area contributed by atoms with Gasteiger partial charge in [0.05, 0.1) is 5.56 Å². The van der Waals surface area contributed by atoms with E-state index in [1.165, 1.54) is 0 Å². The number of aryl methyl sites for hydroxylation is 3. The number of carbonyl (C=O) groups excluding carboxylic acids is 1. The van der Waals surface area contributed by atoms with E-state index in [2.05, 4.69) is 4.52 Å². The van der Waals surface area contributed by atoms with Crippen molar-refractivity contribution >= 4 is 14.2 Å². The van der Waals surface area contributed by atoms with Gasteiger partial charge >= 0.3 is 24.8 Å². The van der Waals surface area contributed by atoms with E-state index in [1.807, 2.05) is 19.1 Å². The average Bonchev–Trinajstić information content (AvgIpc) is 1.99. The van der Waals surface area contributed by atoms with Crippen LogP contribution in [-0.2, 0) is 9.09 Å². The summed E-state index contributed by atoms with van der Waals surface area (Å²) < 4.78 is 14.5. The van der Waals surface area contributed by atoms with Crippen molar-refractivity contribution in [1.82, 2.24) is 0 Å². The van der Waals surface area contributed by atoms with Crippen molar-refractivity contribution in [3.63, 3.8) is 0 Å². The molecule has 1 unspecified atom stereocenters. The van der Waals surface area contributed by atoms with Crippen LogP contribution in [0.15, 0.2) is 12.1 Å². The van der Waals surface area contributed by atoms with E-state index in [4.69, 9.17) is 0 Å². The van der Waals surface area contributed by atoms with Gasteiger partial charge in [0.2, 0.25) is 0 Å². The van der Waals surface area contributed by atoms with E-state index in [0.29, 0.717) is 5.56 Å². The topological polar surface area (TPSA) is 66.4 Å². The van der Waals surface area contributed by atoms with Crippen molar-refractivity contribution in [2.75, 3.05) is 0 Å². The molecule has 1 aromatic carbocycles. The normalized spacial score (nSPS) is 11.5. The van der Waals surface area contributed by atoms with Gasteiger partial charge in [-0.05, 0) is 31.9 Å². The summed E-state index contributed by atoms with van der Waals surface area (Å²) in [4.78, 5) is 21.7. The summed E-state index contributed by atoms with van der Waals surface area (Å²) in [5.74, 6) is -0.802. The Bertz CT molecular complexity index is 408. The first-order valence-electron chi connectivity index (χ1n) is 4.43. The third kappa shape index (κ3) is 3.81. The standard InChI is InChI=1S/C10H13O4P.Li/c1-6-4-7(2)9(8(3)5-6)10(11)14-15(12)13;/h4-5,15H,1-3H3,(H,12,13);/q;+1/p-1. The molecule has 0 aliphatic rings. The van der Waals surface area contributed by atoms with Gasteiger partial charge in [-0.1, -0.05) is 17.7 Å². The number of benzene rings is 1. The molecule has 0 amide bonds. The zero-order chi connectivity index (χ0) is 11.6. The molecule has 0 aromatic heterocycles. The van der Waals surface area contributed by atoms with Gasteiger partial charge in [-0.15, -0.1) is 0 Å². The molecule has 16 heavy (non-hydrogen) atoms. The predicted octanol–water partition coefficient (Wildman–Crippen LogP) is -1.48. The first-order chi connectivity index (χ1) is 6.91. The fraction of sp³-hybridized carbons (Fsp3) is 0.300. The quantitative estimate of drug-likeness (QED) is 0.462. The van der Waals surface area contributed by atoms with Crippen LogP contribution in [0, 0.1) is 20.8 Å². The monoisotopic (exact) mass is 234 g/mol. The zero-order valence-corrected chi connectivity index (χ0v) is 10.8. The maximum atomic E-state index is 11.4. The van der Waals surface area contributed by atoms with Gasteiger partial charge < -0.3 is 9.42 Å². The molecule has 6 heteroatoms. The van der Waals surface area contributed by atoms with Gasteiger partial charge in [0.1, 0.15) is 0 Å². The minimum Gasteiger partial charge on any atom is -0.771 e. The van der Waals surface area contributed by atoms with Crippen molar-refractivity contribution in [2.24, 2.45) is 0 Å². The second kappa shape index (κ2) is 6.27. The van der Waals surface area contributed by atoms with Gasteiger partial charge in [0.25, 0.3) is 0 Å². The van der Waals surface area contributed by atoms with Crippen molar-refractivity contribution in [3.8, 4) is 0 Å². The molecule has 0 aliphatic heterocycles. The van der Waals surface area contributed by atoms with Crippen LogP contribution in [-0.4, -0.2) is 5.97 Å². The molecule has 4 nitrogen and oxygen atoms in total. The Morgan fingerprint density at radius 3 is 2.06 bits per heavy atom. The van der Waals surface area contributed by atoms with Crippen molar-refractivity contribution in [3.05, 3.63) is 34.4 Å². The van der Waals surface area contributed by atoms with Crippen LogP contribution in [0.1, 0.15) is 27.0 Å². The molecular weight excluding hydrogens is 222 g/mol. The molecule has 0 aliphatic carbocycles. The fourth-order valence-electron chi connectivity index (χ4n) is 1.63. The van der Waals surface area contributed by atoms with Crippen LogP contribution >= 0.6 is 8.25 Å². The molecule has 82 valence electrons. The Hall–Kier alpha value is -0.523. The summed E-state index contributed by atoms with van der Waals surface area (Å²) >= 11 is 0. The van der Waals surface area contributed by atoms with E-state index < -0.39 is 14.2 Å². The fourth-order valence-corrected chi connectivity index (χ4v) is 1.88. The second-order valence-electron chi connectivity index (χ2n) is 3.41. The van der Waals surface area contributed by atoms with Crippen LogP contribution in [0.4, 0.5) is 0 Å². The second-order valence-corrected chi connectivity index (χ2v) is 4.12. The Morgan fingerprint density at radius 1 is 1.25 bits per heavy atom. The minimum atomic E-state index is -3.47. The molecule has 0 saturated heterocycles. The Morgan fingerprint density at radius 2 is 1.69 bits per heavy atom.